The zero-order valence-corrected chi connectivity index (χ0v) is 11.7. The fraction of sp³-hybridized carbons (Fsp3) is 0.500. The van der Waals surface area contributed by atoms with Gasteiger partial charge < -0.3 is 0 Å². The maximum Gasteiger partial charge on any atom is 0.162 e. The van der Waals surface area contributed by atoms with Crippen molar-refractivity contribution >= 4 is 0 Å². The molecule has 2 rings (SSSR count). The van der Waals surface area contributed by atoms with Gasteiger partial charge in [0.15, 0.2) is 11.7 Å². The molecular formula is C16H22F2. The molecule has 0 aliphatic heterocycles. The van der Waals surface area contributed by atoms with Gasteiger partial charge in [0.1, 0.15) is 0 Å². The minimum atomic E-state index is -0.645. The minimum Gasteiger partial charge on any atom is -0.204 e. The summed E-state index contributed by atoms with van der Waals surface area (Å²) in [7, 11) is 0. The van der Waals surface area contributed by atoms with Crippen LogP contribution in [0.2, 0.25) is 0 Å². The van der Waals surface area contributed by atoms with Crippen LogP contribution in [0.4, 0.5) is 8.78 Å². The first-order chi connectivity index (χ1) is 8.59. The number of rotatable bonds is 1. The Labute approximate surface area is 109 Å². The maximum absolute atomic E-state index is 13.8. The van der Waals surface area contributed by atoms with Crippen molar-refractivity contribution in [3.8, 4) is 0 Å². The summed E-state index contributed by atoms with van der Waals surface area (Å²) in [6.45, 7) is 7.72. The topological polar surface area (TPSA) is 0 Å². The Kier molecular flexibility index (Phi) is 5.52. The van der Waals surface area contributed by atoms with E-state index in [4.69, 9.17) is 0 Å². The summed E-state index contributed by atoms with van der Waals surface area (Å²) >= 11 is 0. The second kappa shape index (κ2) is 6.67. The lowest BCUT2D eigenvalue weighted by molar-refractivity contribution is 0.510. The number of allylic oxidation sites excluding steroid dienone is 8. The number of halogens is 2. The zero-order chi connectivity index (χ0) is 13.7. The molecule has 2 heteroatoms. The lowest BCUT2D eigenvalue weighted by atomic mass is 9.87. The van der Waals surface area contributed by atoms with Crippen molar-refractivity contribution < 1.29 is 8.78 Å². The van der Waals surface area contributed by atoms with Gasteiger partial charge in [-0.1, -0.05) is 31.6 Å². The SMILES string of the molecule is CC.CC1=CC=C(C2=C(F)C(F)=C(C)CC2)CC1. The van der Waals surface area contributed by atoms with Gasteiger partial charge in [-0.2, -0.15) is 0 Å². The van der Waals surface area contributed by atoms with Crippen molar-refractivity contribution in [1.29, 1.82) is 0 Å². The molecule has 0 heterocycles. The Morgan fingerprint density at radius 3 is 2.06 bits per heavy atom. The van der Waals surface area contributed by atoms with Crippen LogP contribution in [0.5, 0.6) is 0 Å². The average molecular weight is 252 g/mol. The third-order valence-corrected chi connectivity index (χ3v) is 3.33. The molecule has 0 aromatic rings. The van der Waals surface area contributed by atoms with E-state index in [0.717, 1.165) is 18.4 Å². The quantitative estimate of drug-likeness (QED) is 0.541. The van der Waals surface area contributed by atoms with Crippen LogP contribution in [0, 0.1) is 0 Å². The van der Waals surface area contributed by atoms with E-state index in [1.807, 2.05) is 26.0 Å². The Morgan fingerprint density at radius 1 is 0.833 bits per heavy atom. The first-order valence-corrected chi connectivity index (χ1v) is 6.70. The smallest absolute Gasteiger partial charge is 0.162 e. The van der Waals surface area contributed by atoms with E-state index in [2.05, 4.69) is 6.92 Å². The van der Waals surface area contributed by atoms with Crippen LogP contribution in [0.3, 0.4) is 0 Å². The fourth-order valence-electron chi connectivity index (χ4n) is 2.15. The van der Waals surface area contributed by atoms with Gasteiger partial charge in [0.2, 0.25) is 0 Å². The predicted molar refractivity (Wildman–Crippen MR) is 73.6 cm³/mol. The number of hydrogen-bond donors (Lipinski definition) is 0. The van der Waals surface area contributed by atoms with Crippen molar-refractivity contribution in [3.63, 3.8) is 0 Å². The highest BCUT2D eigenvalue weighted by molar-refractivity contribution is 5.46. The van der Waals surface area contributed by atoms with E-state index in [1.165, 1.54) is 5.57 Å². The van der Waals surface area contributed by atoms with Gasteiger partial charge in [-0.25, -0.2) is 8.78 Å². The largest absolute Gasteiger partial charge is 0.204 e. The first-order valence-electron chi connectivity index (χ1n) is 6.70. The van der Waals surface area contributed by atoms with E-state index < -0.39 is 11.7 Å². The summed E-state index contributed by atoms with van der Waals surface area (Å²) in [4.78, 5) is 0. The van der Waals surface area contributed by atoms with Gasteiger partial charge in [0.25, 0.3) is 0 Å². The summed E-state index contributed by atoms with van der Waals surface area (Å²) in [5, 5.41) is 0. The maximum atomic E-state index is 13.8. The summed E-state index contributed by atoms with van der Waals surface area (Å²) in [6.07, 6.45) is 6.98. The van der Waals surface area contributed by atoms with Crippen molar-refractivity contribution in [1.82, 2.24) is 0 Å². The molecule has 0 saturated carbocycles. The van der Waals surface area contributed by atoms with Crippen molar-refractivity contribution in [3.05, 3.63) is 46.1 Å². The highest BCUT2D eigenvalue weighted by Gasteiger charge is 2.22. The van der Waals surface area contributed by atoms with Crippen LogP contribution in [0.15, 0.2) is 46.1 Å². The lowest BCUT2D eigenvalue weighted by Gasteiger charge is -2.20. The van der Waals surface area contributed by atoms with Gasteiger partial charge in [0.05, 0.1) is 0 Å². The normalized spacial score (nSPS) is 20.1. The molecule has 0 fully saturated rings. The molecule has 0 saturated heterocycles. The molecule has 18 heavy (non-hydrogen) atoms. The molecule has 0 aromatic carbocycles. The summed E-state index contributed by atoms with van der Waals surface area (Å²) in [5.74, 6) is -1.28. The van der Waals surface area contributed by atoms with E-state index in [0.29, 0.717) is 24.0 Å². The van der Waals surface area contributed by atoms with E-state index >= 15 is 0 Å². The van der Waals surface area contributed by atoms with Gasteiger partial charge in [-0.05, 0) is 56.3 Å². The van der Waals surface area contributed by atoms with Gasteiger partial charge >= 0.3 is 0 Å². The van der Waals surface area contributed by atoms with Crippen LogP contribution < -0.4 is 0 Å². The molecule has 2 aliphatic rings. The molecule has 0 nitrogen and oxygen atoms in total. The van der Waals surface area contributed by atoms with Crippen molar-refractivity contribution in [2.24, 2.45) is 0 Å². The molecule has 0 spiro atoms. The Bertz CT molecular complexity index is 434. The highest BCUT2D eigenvalue weighted by Crippen LogP contribution is 2.38. The van der Waals surface area contributed by atoms with Crippen molar-refractivity contribution in [2.75, 3.05) is 0 Å². The minimum absolute atomic E-state index is 0.532. The third-order valence-electron chi connectivity index (χ3n) is 3.33. The highest BCUT2D eigenvalue weighted by atomic mass is 19.2. The second-order valence-electron chi connectivity index (χ2n) is 4.59. The average Bonchev–Trinajstić information content (AvgIpc) is 2.40. The molecule has 0 aromatic heterocycles. The Balaban J connectivity index is 0.000000771. The second-order valence-corrected chi connectivity index (χ2v) is 4.59. The summed E-state index contributed by atoms with van der Waals surface area (Å²) in [5.41, 5.74) is 3.37. The van der Waals surface area contributed by atoms with Crippen LogP contribution in [-0.4, -0.2) is 0 Å². The molecule has 0 atom stereocenters. The molecule has 0 radical (unpaired) electrons. The standard InChI is InChI=1S/C14H16F2.C2H6/c1-9-3-6-11(7-4-9)12-8-5-10(2)13(15)14(12)16;1-2/h3,6H,4-5,7-8H2,1-2H3;1-2H3. The van der Waals surface area contributed by atoms with E-state index in [-0.39, 0.29) is 0 Å². The summed E-state index contributed by atoms with van der Waals surface area (Å²) < 4.78 is 27.2. The van der Waals surface area contributed by atoms with Crippen LogP contribution in [-0.2, 0) is 0 Å². The molecular weight excluding hydrogens is 230 g/mol. The first kappa shape index (κ1) is 14.9. The molecule has 0 N–H and O–H groups in total. The predicted octanol–water partition coefficient (Wildman–Crippen LogP) is 5.94. The monoisotopic (exact) mass is 252 g/mol. The lowest BCUT2D eigenvalue weighted by Crippen LogP contribution is -2.04. The van der Waals surface area contributed by atoms with Crippen LogP contribution in [0.1, 0.15) is 53.4 Å². The Morgan fingerprint density at radius 2 is 1.50 bits per heavy atom. The molecule has 0 bridgehead atoms. The van der Waals surface area contributed by atoms with E-state index in [9.17, 15) is 8.78 Å². The third kappa shape index (κ3) is 3.18. The van der Waals surface area contributed by atoms with Crippen LogP contribution in [0.25, 0.3) is 0 Å². The molecule has 2 aliphatic carbocycles. The fourth-order valence-corrected chi connectivity index (χ4v) is 2.15. The van der Waals surface area contributed by atoms with E-state index in [1.54, 1.807) is 6.92 Å². The van der Waals surface area contributed by atoms with Crippen molar-refractivity contribution in [2.45, 2.75) is 53.4 Å². The van der Waals surface area contributed by atoms with Gasteiger partial charge in [-0.3, -0.25) is 0 Å². The van der Waals surface area contributed by atoms with Gasteiger partial charge in [-0.15, -0.1) is 0 Å². The molecule has 0 amide bonds. The van der Waals surface area contributed by atoms with Gasteiger partial charge in [0, 0.05) is 0 Å². The zero-order valence-electron chi connectivity index (χ0n) is 11.7. The Hall–Kier alpha value is -1.18. The van der Waals surface area contributed by atoms with Crippen LogP contribution >= 0.6 is 0 Å². The number of hydrogen-bond acceptors (Lipinski definition) is 0. The molecule has 100 valence electrons. The molecule has 0 unspecified atom stereocenters. The summed E-state index contributed by atoms with van der Waals surface area (Å²) in [6, 6.07) is 0.